The molecule has 2 aromatic carbocycles. The number of nitrogens with one attached hydrogen (secondary N) is 1. The molecule has 0 unspecified atom stereocenters. The lowest BCUT2D eigenvalue weighted by Crippen LogP contribution is -2.34. The molecule has 0 saturated heterocycles. The number of amides is 2. The van der Waals surface area contributed by atoms with Gasteiger partial charge in [-0.1, -0.05) is 6.07 Å². The Hall–Kier alpha value is -5.34. The van der Waals surface area contributed by atoms with E-state index < -0.39 is 6.09 Å². The van der Waals surface area contributed by atoms with Crippen molar-refractivity contribution in [1.82, 2.24) is 14.5 Å². The fourth-order valence-corrected chi connectivity index (χ4v) is 4.53. The highest BCUT2D eigenvalue weighted by Crippen LogP contribution is 2.21. The first-order chi connectivity index (χ1) is 22.8. The Bertz CT molecular complexity index is 1670. The molecule has 2 amide bonds. The first-order valence-electron chi connectivity index (χ1n) is 15.1. The number of esters is 1. The number of rotatable bonds is 16. The predicted octanol–water partition coefficient (Wildman–Crippen LogP) is 3.69. The van der Waals surface area contributed by atoms with Crippen LogP contribution in [0.4, 0.5) is 16.3 Å². The van der Waals surface area contributed by atoms with E-state index in [1.807, 2.05) is 29.8 Å². The van der Waals surface area contributed by atoms with Crippen LogP contribution in [0.2, 0.25) is 0 Å². The van der Waals surface area contributed by atoms with Gasteiger partial charge in [-0.25, -0.2) is 14.8 Å². The van der Waals surface area contributed by atoms with Crippen molar-refractivity contribution in [3.8, 4) is 0 Å². The lowest BCUT2D eigenvalue weighted by Gasteiger charge is -2.21. The van der Waals surface area contributed by atoms with E-state index in [2.05, 4.69) is 15.3 Å². The summed E-state index contributed by atoms with van der Waals surface area (Å²) in [5, 5.41) is 3.33. The van der Waals surface area contributed by atoms with E-state index in [0.717, 1.165) is 17.0 Å². The van der Waals surface area contributed by atoms with Crippen LogP contribution in [0.25, 0.3) is 11.0 Å². The van der Waals surface area contributed by atoms with E-state index in [4.69, 9.17) is 29.7 Å². The molecule has 0 spiro atoms. The number of hydrogen-bond donors (Lipinski definition) is 2. The third-order valence-corrected chi connectivity index (χ3v) is 6.96. The van der Waals surface area contributed by atoms with E-state index >= 15 is 0 Å². The van der Waals surface area contributed by atoms with Crippen LogP contribution < -0.4 is 16.0 Å². The average Bonchev–Trinajstić information content (AvgIpc) is 3.40. The first-order valence-corrected chi connectivity index (χ1v) is 15.1. The average molecular weight is 646 g/mol. The van der Waals surface area contributed by atoms with Gasteiger partial charge in [0.2, 0.25) is 0 Å². The molecule has 3 N–H and O–H groups in total. The van der Waals surface area contributed by atoms with Gasteiger partial charge in [0.05, 0.1) is 50.4 Å². The predicted molar refractivity (Wildman–Crippen MR) is 176 cm³/mol. The van der Waals surface area contributed by atoms with Crippen molar-refractivity contribution < 1.29 is 33.3 Å². The number of imidazole rings is 1. The number of anilines is 2. The minimum atomic E-state index is -0.798. The second kappa shape index (κ2) is 17.4. The van der Waals surface area contributed by atoms with Gasteiger partial charge in [0.15, 0.2) is 0 Å². The lowest BCUT2D eigenvalue weighted by molar-refractivity contribution is -0.142. The number of ether oxygens (including phenoxy) is 4. The molecule has 0 aliphatic rings. The Morgan fingerprint density at radius 1 is 0.979 bits per heavy atom. The molecule has 14 heteroatoms. The topological polar surface area (TPSA) is 172 Å². The maximum absolute atomic E-state index is 13.6. The molecular formula is C33H39N7O7. The number of nitrogens with zero attached hydrogens (tertiary/aromatic N) is 5. The van der Waals surface area contributed by atoms with Crippen molar-refractivity contribution >= 4 is 46.3 Å². The van der Waals surface area contributed by atoms with Crippen molar-refractivity contribution in [2.24, 2.45) is 17.8 Å². The van der Waals surface area contributed by atoms with Gasteiger partial charge in [0.1, 0.15) is 24.1 Å². The highest BCUT2D eigenvalue weighted by atomic mass is 16.6. The van der Waals surface area contributed by atoms with Gasteiger partial charge in [-0.2, -0.15) is 4.99 Å². The summed E-state index contributed by atoms with van der Waals surface area (Å²) in [5.41, 5.74) is 9.26. The second-order valence-electron chi connectivity index (χ2n) is 10.1. The number of aliphatic imine (C=N–C) groups is 1. The molecular weight excluding hydrogens is 606 g/mol. The fourth-order valence-electron chi connectivity index (χ4n) is 4.53. The summed E-state index contributed by atoms with van der Waals surface area (Å²) in [6.45, 7) is 3.68. The maximum atomic E-state index is 13.6. The molecule has 0 radical (unpaired) electrons. The Morgan fingerprint density at radius 3 is 2.47 bits per heavy atom. The molecule has 0 bridgehead atoms. The minimum absolute atomic E-state index is 0.0325. The molecule has 4 aromatic rings. The molecule has 4 rings (SSSR count). The molecule has 0 aliphatic heterocycles. The SMILES string of the molecule is CCOC(=O)CCN(C(=O)c1ccc2c(c1)nc(CNc1ccc(/C(N)=N\C(=O)OCCOCCOC)cc1)n2C)c1ccccn1. The van der Waals surface area contributed by atoms with Crippen LogP contribution in [0, 0.1) is 0 Å². The fraction of sp³-hybridized carbons (Fsp3) is 0.333. The molecule has 0 saturated carbocycles. The van der Waals surface area contributed by atoms with Crippen molar-refractivity contribution in [2.45, 2.75) is 19.9 Å². The zero-order chi connectivity index (χ0) is 33.6. The summed E-state index contributed by atoms with van der Waals surface area (Å²) in [6.07, 6.45) is 0.836. The number of carbonyl (C=O) groups is 3. The van der Waals surface area contributed by atoms with Crippen molar-refractivity contribution in [2.75, 3.05) is 56.9 Å². The third-order valence-electron chi connectivity index (χ3n) is 6.96. The number of carbonyl (C=O) groups excluding carboxylic acids is 3. The number of aryl methyl sites for hydroxylation is 1. The van der Waals surface area contributed by atoms with Crippen LogP contribution in [-0.2, 0) is 37.3 Å². The Kier molecular flexibility index (Phi) is 12.8. The highest BCUT2D eigenvalue weighted by Gasteiger charge is 2.21. The van der Waals surface area contributed by atoms with Gasteiger partial charge in [0, 0.05) is 43.7 Å². The zero-order valence-electron chi connectivity index (χ0n) is 26.7. The van der Waals surface area contributed by atoms with Crippen LogP contribution in [0.15, 0.2) is 71.9 Å². The van der Waals surface area contributed by atoms with E-state index in [1.54, 1.807) is 62.7 Å². The number of methoxy groups -OCH3 is 1. The van der Waals surface area contributed by atoms with Gasteiger partial charge in [0.25, 0.3) is 5.91 Å². The summed E-state index contributed by atoms with van der Waals surface area (Å²) in [5.74, 6) is 0.522. The van der Waals surface area contributed by atoms with Gasteiger partial charge in [-0.05, 0) is 61.5 Å². The number of aromatic nitrogens is 3. The van der Waals surface area contributed by atoms with Crippen molar-refractivity contribution in [3.63, 3.8) is 0 Å². The summed E-state index contributed by atoms with van der Waals surface area (Å²) < 4.78 is 22.1. The molecule has 248 valence electrons. The molecule has 47 heavy (non-hydrogen) atoms. The van der Waals surface area contributed by atoms with Gasteiger partial charge < -0.3 is 34.6 Å². The molecule has 0 fully saturated rings. The number of fused-ring (bicyclic) bond motifs is 1. The van der Waals surface area contributed by atoms with Gasteiger partial charge in [-0.3, -0.25) is 14.5 Å². The number of nitrogens with two attached hydrogens (primary N) is 1. The van der Waals surface area contributed by atoms with Crippen LogP contribution in [0.1, 0.15) is 35.1 Å². The number of pyridine rings is 1. The largest absolute Gasteiger partial charge is 0.466 e. The van der Waals surface area contributed by atoms with E-state index in [-0.39, 0.29) is 50.5 Å². The normalized spacial score (nSPS) is 11.3. The molecule has 2 aromatic heterocycles. The third kappa shape index (κ3) is 9.82. The Morgan fingerprint density at radius 2 is 1.74 bits per heavy atom. The lowest BCUT2D eigenvalue weighted by atomic mass is 10.1. The first kappa shape index (κ1) is 34.5. The van der Waals surface area contributed by atoms with Crippen molar-refractivity contribution in [1.29, 1.82) is 0 Å². The van der Waals surface area contributed by atoms with Crippen LogP contribution in [0.5, 0.6) is 0 Å². The van der Waals surface area contributed by atoms with Crippen LogP contribution >= 0.6 is 0 Å². The number of amidine groups is 1. The van der Waals surface area contributed by atoms with E-state index in [9.17, 15) is 14.4 Å². The van der Waals surface area contributed by atoms with Crippen LogP contribution in [-0.4, -0.2) is 85.0 Å². The van der Waals surface area contributed by atoms with E-state index in [1.165, 1.54) is 4.90 Å². The van der Waals surface area contributed by atoms with Gasteiger partial charge >= 0.3 is 12.1 Å². The molecule has 0 atom stereocenters. The molecule has 2 heterocycles. The zero-order valence-corrected chi connectivity index (χ0v) is 26.7. The van der Waals surface area contributed by atoms with E-state index in [0.29, 0.717) is 42.2 Å². The number of hydrogen-bond acceptors (Lipinski definition) is 10. The number of benzene rings is 2. The Balaban J connectivity index is 1.38. The second-order valence-corrected chi connectivity index (χ2v) is 10.1. The smallest absolute Gasteiger partial charge is 0.435 e. The summed E-state index contributed by atoms with van der Waals surface area (Å²) in [7, 11) is 3.48. The van der Waals surface area contributed by atoms with Gasteiger partial charge in [-0.15, -0.1) is 0 Å². The summed E-state index contributed by atoms with van der Waals surface area (Å²) in [4.78, 5) is 51.9. The maximum Gasteiger partial charge on any atom is 0.435 e. The standard InChI is InChI=1S/C33H39N7O7/c1-4-46-30(41)14-16-40(28-7-5-6-15-35-28)32(42)24-10-13-27-26(21-24)37-29(39(27)2)22-36-25-11-8-23(9-12-25)31(34)38-33(43)47-20-19-45-18-17-44-3/h5-13,15,21,36H,4,14,16-20,22H2,1-3H3,(H2,34,38,43). The summed E-state index contributed by atoms with van der Waals surface area (Å²) >= 11 is 0. The van der Waals surface area contributed by atoms with Crippen LogP contribution in [0.3, 0.4) is 0 Å². The molecule has 0 aliphatic carbocycles. The molecule has 14 nitrogen and oxygen atoms in total. The van der Waals surface area contributed by atoms with Crippen molar-refractivity contribution in [3.05, 3.63) is 83.8 Å². The summed E-state index contributed by atoms with van der Waals surface area (Å²) in [6, 6.07) is 17.7. The minimum Gasteiger partial charge on any atom is -0.466 e. The highest BCUT2D eigenvalue weighted by molar-refractivity contribution is 6.07. The monoisotopic (exact) mass is 645 g/mol. The Labute approximate surface area is 272 Å². The quantitative estimate of drug-likeness (QED) is 0.0788.